The van der Waals surface area contributed by atoms with Gasteiger partial charge in [0.15, 0.2) is 4.96 Å². The molecule has 1 aliphatic carbocycles. The van der Waals surface area contributed by atoms with Gasteiger partial charge < -0.3 is 5.32 Å². The van der Waals surface area contributed by atoms with Crippen LogP contribution in [0.4, 0.5) is 0 Å². The molecule has 1 aliphatic rings. The summed E-state index contributed by atoms with van der Waals surface area (Å²) in [5.41, 5.74) is 3.23. The minimum atomic E-state index is -0.0740. The molecule has 2 aromatic heterocycles. The van der Waals surface area contributed by atoms with Crippen LogP contribution in [0.25, 0.3) is 4.96 Å². The van der Waals surface area contributed by atoms with Crippen LogP contribution in [0, 0.1) is 0 Å². The first-order valence-corrected chi connectivity index (χ1v) is 10.6. The fourth-order valence-electron chi connectivity index (χ4n) is 3.35. The highest BCUT2D eigenvalue weighted by molar-refractivity contribution is 7.99. The number of aryl methyl sites for hydroxylation is 1. The molecule has 0 bridgehead atoms. The molecule has 0 spiro atoms. The number of amides is 1. The third-order valence-corrected chi connectivity index (χ3v) is 6.27. The Morgan fingerprint density at radius 1 is 1.38 bits per heavy atom. The third-order valence-electron chi connectivity index (χ3n) is 4.54. The van der Waals surface area contributed by atoms with E-state index in [0.717, 1.165) is 25.0 Å². The van der Waals surface area contributed by atoms with Crippen molar-refractivity contribution in [2.75, 3.05) is 5.75 Å². The number of thiazole rings is 1. The molecule has 0 unspecified atom stereocenters. The van der Waals surface area contributed by atoms with Gasteiger partial charge in [0, 0.05) is 23.4 Å². The summed E-state index contributed by atoms with van der Waals surface area (Å²) in [6, 6.07) is 10.00. The summed E-state index contributed by atoms with van der Waals surface area (Å²) in [4.78, 5) is 29.5. The molecule has 0 saturated carbocycles. The standard InChI is InChI=1S/C19H19N3O2S2/c23-17(21-16-7-3-5-13-4-1-2-6-15(13)16)12-25-11-14-10-18(24)22-8-9-26-19(22)20-14/h1-2,4,6,8-10,16H,3,5,7,11-12H2,(H,21,23)/t16-/m1/s1. The predicted molar refractivity (Wildman–Crippen MR) is 106 cm³/mol. The Kier molecular flexibility index (Phi) is 5.08. The monoisotopic (exact) mass is 385 g/mol. The van der Waals surface area contributed by atoms with Crippen molar-refractivity contribution in [3.05, 3.63) is 69.1 Å². The van der Waals surface area contributed by atoms with E-state index in [4.69, 9.17) is 0 Å². The van der Waals surface area contributed by atoms with Crippen molar-refractivity contribution in [1.29, 1.82) is 0 Å². The molecule has 0 aliphatic heterocycles. The molecular formula is C19H19N3O2S2. The van der Waals surface area contributed by atoms with Crippen LogP contribution in [0.3, 0.4) is 0 Å². The van der Waals surface area contributed by atoms with Gasteiger partial charge in [0.25, 0.3) is 5.56 Å². The molecule has 0 fully saturated rings. The van der Waals surface area contributed by atoms with Crippen molar-refractivity contribution >= 4 is 34.0 Å². The maximum atomic E-state index is 12.3. The SMILES string of the molecule is O=C(CSCc1cc(=O)n2ccsc2n1)N[C@@H]1CCCc2ccccc21. The van der Waals surface area contributed by atoms with Gasteiger partial charge in [0.2, 0.25) is 5.91 Å². The Bertz CT molecular complexity index is 996. The zero-order valence-corrected chi connectivity index (χ0v) is 15.8. The van der Waals surface area contributed by atoms with Crippen LogP contribution < -0.4 is 10.9 Å². The number of hydrogen-bond acceptors (Lipinski definition) is 5. The smallest absolute Gasteiger partial charge is 0.258 e. The zero-order chi connectivity index (χ0) is 17.9. The van der Waals surface area contributed by atoms with Gasteiger partial charge in [0.1, 0.15) is 0 Å². The van der Waals surface area contributed by atoms with Gasteiger partial charge in [-0.05, 0) is 30.4 Å². The van der Waals surface area contributed by atoms with Gasteiger partial charge in [-0.2, -0.15) is 0 Å². The maximum Gasteiger partial charge on any atom is 0.258 e. The summed E-state index contributed by atoms with van der Waals surface area (Å²) in [5.74, 6) is 0.952. The fourth-order valence-corrected chi connectivity index (χ4v) is 4.82. The summed E-state index contributed by atoms with van der Waals surface area (Å²) in [5, 5.41) is 5.00. The number of carbonyl (C=O) groups excluding carboxylic acids is 1. The van der Waals surface area contributed by atoms with Crippen LogP contribution in [0.15, 0.2) is 46.7 Å². The van der Waals surface area contributed by atoms with Crippen molar-refractivity contribution < 1.29 is 4.79 Å². The predicted octanol–water partition coefficient (Wildman–Crippen LogP) is 3.18. The number of benzene rings is 1. The van der Waals surface area contributed by atoms with E-state index < -0.39 is 0 Å². The van der Waals surface area contributed by atoms with E-state index in [9.17, 15) is 9.59 Å². The zero-order valence-electron chi connectivity index (χ0n) is 14.2. The highest BCUT2D eigenvalue weighted by Gasteiger charge is 2.21. The van der Waals surface area contributed by atoms with Gasteiger partial charge in [-0.1, -0.05) is 24.3 Å². The lowest BCUT2D eigenvalue weighted by Gasteiger charge is -2.26. The molecule has 2 heterocycles. The quantitative estimate of drug-likeness (QED) is 0.733. The lowest BCUT2D eigenvalue weighted by Crippen LogP contribution is -2.32. The van der Waals surface area contributed by atoms with E-state index in [1.165, 1.54) is 38.6 Å². The molecule has 1 aromatic carbocycles. The van der Waals surface area contributed by atoms with Crippen molar-refractivity contribution in [3.8, 4) is 0 Å². The molecule has 1 N–H and O–H groups in total. The highest BCUT2D eigenvalue weighted by atomic mass is 32.2. The van der Waals surface area contributed by atoms with Crippen LogP contribution >= 0.6 is 23.1 Å². The number of nitrogens with zero attached hydrogens (tertiary/aromatic N) is 2. The Morgan fingerprint density at radius 2 is 2.27 bits per heavy atom. The van der Waals surface area contributed by atoms with E-state index in [1.54, 1.807) is 12.3 Å². The summed E-state index contributed by atoms with van der Waals surface area (Å²) < 4.78 is 1.53. The van der Waals surface area contributed by atoms with Crippen molar-refractivity contribution in [2.24, 2.45) is 0 Å². The van der Waals surface area contributed by atoms with Crippen LogP contribution in [0.2, 0.25) is 0 Å². The number of thioether (sulfide) groups is 1. The second-order valence-corrected chi connectivity index (χ2v) is 8.20. The van der Waals surface area contributed by atoms with Crippen LogP contribution in [0.1, 0.15) is 35.7 Å². The van der Waals surface area contributed by atoms with E-state index in [2.05, 4.69) is 28.5 Å². The molecule has 4 rings (SSSR count). The van der Waals surface area contributed by atoms with Crippen molar-refractivity contribution in [3.63, 3.8) is 0 Å². The first kappa shape index (κ1) is 17.3. The molecule has 7 heteroatoms. The summed E-state index contributed by atoms with van der Waals surface area (Å²) >= 11 is 2.92. The van der Waals surface area contributed by atoms with E-state index in [0.29, 0.717) is 16.5 Å². The molecule has 0 radical (unpaired) electrons. The molecular weight excluding hydrogens is 366 g/mol. The Hall–Kier alpha value is -2.12. The van der Waals surface area contributed by atoms with Gasteiger partial charge in [-0.15, -0.1) is 23.1 Å². The molecule has 0 saturated heterocycles. The average molecular weight is 386 g/mol. The second-order valence-electron chi connectivity index (χ2n) is 6.35. The maximum absolute atomic E-state index is 12.3. The van der Waals surface area contributed by atoms with E-state index in [1.807, 2.05) is 11.4 Å². The number of nitrogens with one attached hydrogen (secondary N) is 1. The second kappa shape index (κ2) is 7.63. The summed E-state index contributed by atoms with van der Waals surface area (Å²) in [6.07, 6.45) is 4.90. The highest BCUT2D eigenvalue weighted by Crippen LogP contribution is 2.29. The summed E-state index contributed by atoms with van der Waals surface area (Å²) in [6.45, 7) is 0. The van der Waals surface area contributed by atoms with Gasteiger partial charge >= 0.3 is 0 Å². The van der Waals surface area contributed by atoms with Gasteiger partial charge in [-0.3, -0.25) is 14.0 Å². The normalized spacial score (nSPS) is 16.4. The number of aromatic nitrogens is 2. The van der Waals surface area contributed by atoms with E-state index >= 15 is 0 Å². The Labute approximate surface area is 159 Å². The number of rotatable bonds is 5. The van der Waals surface area contributed by atoms with Crippen molar-refractivity contribution in [1.82, 2.24) is 14.7 Å². The van der Waals surface area contributed by atoms with Gasteiger partial charge in [0.05, 0.1) is 17.5 Å². The van der Waals surface area contributed by atoms with Gasteiger partial charge in [-0.25, -0.2) is 4.98 Å². The summed E-state index contributed by atoms with van der Waals surface area (Å²) in [7, 11) is 0. The number of carbonyl (C=O) groups is 1. The largest absolute Gasteiger partial charge is 0.349 e. The molecule has 26 heavy (non-hydrogen) atoms. The fraction of sp³-hybridized carbons (Fsp3) is 0.316. The Morgan fingerprint density at radius 3 is 3.19 bits per heavy atom. The first-order valence-electron chi connectivity index (χ1n) is 8.61. The average Bonchev–Trinajstić information content (AvgIpc) is 3.11. The number of hydrogen-bond donors (Lipinski definition) is 1. The Balaban J connectivity index is 1.34. The molecule has 3 aromatic rings. The third kappa shape index (κ3) is 3.68. The minimum Gasteiger partial charge on any atom is -0.349 e. The molecule has 1 amide bonds. The lowest BCUT2D eigenvalue weighted by atomic mass is 9.88. The van der Waals surface area contributed by atoms with Crippen LogP contribution in [0.5, 0.6) is 0 Å². The molecule has 134 valence electrons. The minimum absolute atomic E-state index is 0.0330. The lowest BCUT2D eigenvalue weighted by molar-refractivity contribution is -0.119. The first-order chi connectivity index (χ1) is 12.7. The molecule has 5 nitrogen and oxygen atoms in total. The van der Waals surface area contributed by atoms with Crippen LogP contribution in [-0.4, -0.2) is 21.0 Å². The topological polar surface area (TPSA) is 63.5 Å². The molecule has 1 atom stereocenters. The van der Waals surface area contributed by atoms with E-state index in [-0.39, 0.29) is 17.5 Å². The van der Waals surface area contributed by atoms with Crippen LogP contribution in [-0.2, 0) is 17.0 Å². The van der Waals surface area contributed by atoms with Crippen molar-refractivity contribution in [2.45, 2.75) is 31.1 Å². The number of fused-ring (bicyclic) bond motifs is 2.